The number of halogens is 2. The van der Waals surface area contributed by atoms with Crippen LogP contribution in [0.25, 0.3) is 22.1 Å². The van der Waals surface area contributed by atoms with E-state index in [-0.39, 0.29) is 12.5 Å². The Morgan fingerprint density at radius 2 is 1.70 bits per heavy atom. The van der Waals surface area contributed by atoms with Gasteiger partial charge < -0.3 is 14.5 Å². The van der Waals surface area contributed by atoms with Crippen molar-refractivity contribution in [2.45, 2.75) is 0 Å². The monoisotopic (exact) mass is 439 g/mol. The smallest absolute Gasteiger partial charge is 0.344 e. The number of carbonyl (C=O) groups is 1. The minimum Gasteiger partial charge on any atom is -0.484 e. The summed E-state index contributed by atoms with van der Waals surface area (Å²) in [5.41, 5.74) is 1.38. The molecular weight excluding hydrogens is 425 g/mol. The molecule has 0 aliphatic heterocycles. The fourth-order valence-corrected chi connectivity index (χ4v) is 3.35. The summed E-state index contributed by atoms with van der Waals surface area (Å²) in [5.74, 6) is 0.185. The van der Waals surface area contributed by atoms with Crippen molar-refractivity contribution in [3.63, 3.8) is 0 Å². The Balaban J connectivity index is 1.49. The van der Waals surface area contributed by atoms with E-state index in [0.29, 0.717) is 38.2 Å². The quantitative estimate of drug-likeness (QED) is 0.399. The summed E-state index contributed by atoms with van der Waals surface area (Å²) < 4.78 is 10.8. The molecule has 0 fully saturated rings. The largest absolute Gasteiger partial charge is 0.484 e. The molecule has 1 amide bonds. The van der Waals surface area contributed by atoms with Gasteiger partial charge in [-0.25, -0.2) is 4.79 Å². The van der Waals surface area contributed by atoms with Crippen LogP contribution in [0.5, 0.6) is 5.75 Å². The Morgan fingerprint density at radius 3 is 2.47 bits per heavy atom. The molecule has 0 bridgehead atoms. The average molecular weight is 440 g/mol. The SMILES string of the molecule is O=C(COc1ccc(Cl)cc1)Nc1ccc(-c2cc3ccccc3oc2=O)c(Cl)c1. The molecule has 0 aliphatic carbocycles. The van der Waals surface area contributed by atoms with Gasteiger partial charge in [-0.2, -0.15) is 0 Å². The van der Waals surface area contributed by atoms with Crippen molar-refractivity contribution >= 4 is 45.8 Å². The Bertz CT molecular complexity index is 1280. The molecule has 1 aromatic heterocycles. The van der Waals surface area contributed by atoms with Crippen molar-refractivity contribution in [2.75, 3.05) is 11.9 Å². The molecule has 1 N–H and O–H groups in total. The zero-order valence-corrected chi connectivity index (χ0v) is 17.0. The summed E-state index contributed by atoms with van der Waals surface area (Å²) in [6.45, 7) is -0.171. The topological polar surface area (TPSA) is 68.5 Å². The minimum atomic E-state index is -0.483. The summed E-state index contributed by atoms with van der Waals surface area (Å²) in [7, 11) is 0. The van der Waals surface area contributed by atoms with Gasteiger partial charge in [0.1, 0.15) is 11.3 Å². The number of nitrogens with one attached hydrogen (secondary N) is 1. The number of rotatable bonds is 5. The van der Waals surface area contributed by atoms with Crippen LogP contribution in [0.2, 0.25) is 10.0 Å². The normalized spacial score (nSPS) is 10.7. The van der Waals surface area contributed by atoms with E-state index in [1.54, 1.807) is 60.7 Å². The molecule has 0 aliphatic rings. The Morgan fingerprint density at radius 1 is 0.933 bits per heavy atom. The first kappa shape index (κ1) is 20.0. The molecule has 0 saturated carbocycles. The predicted octanol–water partition coefficient (Wildman–Crippen LogP) is 5.78. The van der Waals surface area contributed by atoms with Gasteiger partial charge in [-0.15, -0.1) is 0 Å². The Hall–Kier alpha value is -3.28. The maximum atomic E-state index is 12.4. The van der Waals surface area contributed by atoms with Gasteiger partial charge in [-0.1, -0.05) is 47.5 Å². The maximum Gasteiger partial charge on any atom is 0.344 e. The lowest BCUT2D eigenvalue weighted by Gasteiger charge is -2.10. The second-order valence-electron chi connectivity index (χ2n) is 6.47. The van der Waals surface area contributed by atoms with Crippen molar-refractivity contribution < 1.29 is 13.9 Å². The van der Waals surface area contributed by atoms with Gasteiger partial charge in [0.05, 0.1) is 10.6 Å². The van der Waals surface area contributed by atoms with Crippen LogP contribution in [0.3, 0.4) is 0 Å². The lowest BCUT2D eigenvalue weighted by Crippen LogP contribution is -2.20. The first-order valence-corrected chi connectivity index (χ1v) is 9.76. The van der Waals surface area contributed by atoms with Crippen LogP contribution in [-0.2, 0) is 4.79 Å². The maximum absolute atomic E-state index is 12.4. The number of carbonyl (C=O) groups excluding carboxylic acids is 1. The second-order valence-corrected chi connectivity index (χ2v) is 7.31. The van der Waals surface area contributed by atoms with Crippen molar-refractivity contribution in [1.29, 1.82) is 0 Å². The molecular formula is C23H15Cl2NO4. The van der Waals surface area contributed by atoms with Crippen LogP contribution in [0.1, 0.15) is 0 Å². The van der Waals surface area contributed by atoms with Gasteiger partial charge in [0, 0.05) is 21.7 Å². The van der Waals surface area contributed by atoms with E-state index >= 15 is 0 Å². The van der Waals surface area contributed by atoms with Crippen LogP contribution in [0.4, 0.5) is 5.69 Å². The van der Waals surface area contributed by atoms with Crippen LogP contribution < -0.4 is 15.7 Å². The van der Waals surface area contributed by atoms with Gasteiger partial charge in [0.15, 0.2) is 6.61 Å². The zero-order valence-electron chi connectivity index (χ0n) is 15.5. The first-order chi connectivity index (χ1) is 14.5. The van der Waals surface area contributed by atoms with Gasteiger partial charge in [-0.05, 0) is 48.5 Å². The van der Waals surface area contributed by atoms with Gasteiger partial charge >= 0.3 is 5.63 Å². The highest BCUT2D eigenvalue weighted by Gasteiger charge is 2.13. The molecule has 4 rings (SSSR count). The van der Waals surface area contributed by atoms with E-state index in [2.05, 4.69) is 5.32 Å². The summed E-state index contributed by atoms with van der Waals surface area (Å²) in [5, 5.41) is 4.40. The van der Waals surface area contributed by atoms with Gasteiger partial charge in [0.25, 0.3) is 5.91 Å². The van der Waals surface area contributed by atoms with Crippen molar-refractivity contribution in [3.05, 3.63) is 93.3 Å². The summed E-state index contributed by atoms with van der Waals surface area (Å²) >= 11 is 12.2. The van der Waals surface area contributed by atoms with Gasteiger partial charge in [0.2, 0.25) is 0 Å². The fraction of sp³-hybridized carbons (Fsp3) is 0.0435. The molecule has 0 atom stereocenters. The summed E-state index contributed by atoms with van der Waals surface area (Å²) in [4.78, 5) is 24.5. The highest BCUT2D eigenvalue weighted by Crippen LogP contribution is 2.30. The molecule has 150 valence electrons. The molecule has 0 radical (unpaired) electrons. The molecule has 0 saturated heterocycles. The minimum absolute atomic E-state index is 0.171. The van der Waals surface area contributed by atoms with Crippen molar-refractivity contribution in [3.8, 4) is 16.9 Å². The van der Waals surface area contributed by atoms with Crippen LogP contribution in [0.15, 0.2) is 82.0 Å². The van der Waals surface area contributed by atoms with Crippen molar-refractivity contribution in [2.24, 2.45) is 0 Å². The number of para-hydroxylation sites is 1. The number of hydrogen-bond donors (Lipinski definition) is 1. The van der Waals surface area contributed by atoms with E-state index in [0.717, 1.165) is 5.39 Å². The average Bonchev–Trinajstić information content (AvgIpc) is 2.73. The van der Waals surface area contributed by atoms with Crippen LogP contribution >= 0.6 is 23.2 Å². The number of ether oxygens (including phenoxy) is 1. The lowest BCUT2D eigenvalue weighted by molar-refractivity contribution is -0.118. The number of benzene rings is 3. The highest BCUT2D eigenvalue weighted by molar-refractivity contribution is 6.33. The third-order valence-electron chi connectivity index (χ3n) is 4.37. The van der Waals surface area contributed by atoms with E-state index in [1.807, 2.05) is 12.1 Å². The Labute approximate surface area is 181 Å². The van der Waals surface area contributed by atoms with Crippen LogP contribution in [-0.4, -0.2) is 12.5 Å². The van der Waals surface area contributed by atoms with Gasteiger partial charge in [-0.3, -0.25) is 4.79 Å². The zero-order chi connectivity index (χ0) is 21.1. The number of hydrogen-bond acceptors (Lipinski definition) is 4. The molecule has 5 nitrogen and oxygen atoms in total. The van der Waals surface area contributed by atoms with E-state index in [1.165, 1.54) is 0 Å². The number of amides is 1. The Kier molecular flexibility index (Phi) is 5.74. The molecule has 7 heteroatoms. The van der Waals surface area contributed by atoms with Crippen LogP contribution in [0, 0.1) is 0 Å². The number of anilines is 1. The second kappa shape index (κ2) is 8.61. The number of fused-ring (bicyclic) bond motifs is 1. The third-order valence-corrected chi connectivity index (χ3v) is 4.93. The molecule has 4 aromatic rings. The highest BCUT2D eigenvalue weighted by atomic mass is 35.5. The molecule has 0 unspecified atom stereocenters. The summed E-state index contributed by atoms with van der Waals surface area (Å²) in [6.07, 6.45) is 0. The summed E-state index contributed by atoms with van der Waals surface area (Å²) in [6, 6.07) is 20.6. The molecule has 0 spiro atoms. The predicted molar refractivity (Wildman–Crippen MR) is 119 cm³/mol. The third kappa shape index (κ3) is 4.48. The first-order valence-electron chi connectivity index (χ1n) is 9.00. The lowest BCUT2D eigenvalue weighted by atomic mass is 10.1. The molecule has 3 aromatic carbocycles. The standard InChI is InChI=1S/C23H15Cl2NO4/c24-15-5-8-17(9-6-15)29-13-22(27)26-16-7-10-18(20(25)12-16)19-11-14-3-1-2-4-21(14)30-23(19)28/h1-12H,13H2,(H,26,27). The van der Waals surface area contributed by atoms with E-state index < -0.39 is 5.63 Å². The van der Waals surface area contributed by atoms with E-state index in [9.17, 15) is 9.59 Å². The molecule has 1 heterocycles. The van der Waals surface area contributed by atoms with Crippen molar-refractivity contribution in [1.82, 2.24) is 0 Å². The van der Waals surface area contributed by atoms with E-state index in [4.69, 9.17) is 32.4 Å². The molecule has 30 heavy (non-hydrogen) atoms. The fourth-order valence-electron chi connectivity index (χ4n) is 2.94.